The molecule has 0 saturated carbocycles. The number of carbonyl (C=O) groups is 1. The van der Waals surface area contributed by atoms with E-state index in [0.717, 1.165) is 33.6 Å². The molecule has 0 spiro atoms. The first kappa shape index (κ1) is 22.2. The number of hydrogen-bond donors (Lipinski definition) is 0. The molecule has 8 heteroatoms. The number of rotatable bonds is 6. The summed E-state index contributed by atoms with van der Waals surface area (Å²) in [5.41, 5.74) is 6.33. The van der Waals surface area contributed by atoms with Crippen molar-refractivity contribution < 1.29 is 4.79 Å². The van der Waals surface area contributed by atoms with E-state index in [-0.39, 0.29) is 5.91 Å². The zero-order chi connectivity index (χ0) is 22.8. The second kappa shape index (κ2) is 9.26. The van der Waals surface area contributed by atoms with Gasteiger partial charge in [0.15, 0.2) is 10.3 Å². The standard InChI is InChI=1S/C24H25N5OS2/c1-15-6-9-21(10-7-15)28-18(4)26-27-24(28)32-14-20-13-31-23(25-20)29(19(5)30)22-11-8-16(2)17(3)12-22/h6-13H,14H2,1-5H3. The van der Waals surface area contributed by atoms with Gasteiger partial charge in [-0.05, 0) is 63.1 Å². The lowest BCUT2D eigenvalue weighted by molar-refractivity contribution is -0.115. The number of hydrogen-bond acceptors (Lipinski definition) is 6. The lowest BCUT2D eigenvalue weighted by atomic mass is 10.1. The predicted molar refractivity (Wildman–Crippen MR) is 131 cm³/mol. The Balaban J connectivity index is 1.54. The number of benzene rings is 2. The Labute approximate surface area is 196 Å². The predicted octanol–water partition coefficient (Wildman–Crippen LogP) is 5.93. The van der Waals surface area contributed by atoms with Gasteiger partial charge in [-0.25, -0.2) is 4.98 Å². The molecule has 2 aromatic carbocycles. The molecular weight excluding hydrogens is 438 g/mol. The highest BCUT2D eigenvalue weighted by Crippen LogP contribution is 2.32. The van der Waals surface area contributed by atoms with Gasteiger partial charge in [0, 0.05) is 23.7 Å². The number of thiazole rings is 1. The number of aryl methyl sites for hydroxylation is 4. The highest BCUT2D eigenvalue weighted by Gasteiger charge is 2.19. The minimum Gasteiger partial charge on any atom is -0.274 e. The van der Waals surface area contributed by atoms with Crippen LogP contribution in [0.3, 0.4) is 0 Å². The molecule has 32 heavy (non-hydrogen) atoms. The molecule has 2 aromatic heterocycles. The molecule has 0 saturated heterocycles. The summed E-state index contributed by atoms with van der Waals surface area (Å²) >= 11 is 3.05. The van der Waals surface area contributed by atoms with Gasteiger partial charge < -0.3 is 0 Å². The van der Waals surface area contributed by atoms with Gasteiger partial charge in [0.1, 0.15) is 5.82 Å². The lowest BCUT2D eigenvalue weighted by Crippen LogP contribution is -2.22. The zero-order valence-electron chi connectivity index (χ0n) is 18.8. The Morgan fingerprint density at radius 1 is 1.03 bits per heavy atom. The van der Waals surface area contributed by atoms with E-state index in [1.54, 1.807) is 23.6 Å². The Hall–Kier alpha value is -2.97. The zero-order valence-corrected chi connectivity index (χ0v) is 20.4. The fraction of sp³-hybridized carbons (Fsp3) is 0.250. The third-order valence-electron chi connectivity index (χ3n) is 5.23. The molecule has 0 fully saturated rings. The Morgan fingerprint density at radius 3 is 2.47 bits per heavy atom. The maximum absolute atomic E-state index is 12.4. The highest BCUT2D eigenvalue weighted by atomic mass is 32.2. The molecule has 0 N–H and O–H groups in total. The van der Waals surface area contributed by atoms with E-state index in [2.05, 4.69) is 48.3 Å². The minimum absolute atomic E-state index is 0.0588. The summed E-state index contributed by atoms with van der Waals surface area (Å²) in [6.45, 7) is 9.70. The van der Waals surface area contributed by atoms with Crippen LogP contribution in [-0.4, -0.2) is 25.7 Å². The molecule has 164 valence electrons. The molecule has 0 radical (unpaired) electrons. The van der Waals surface area contributed by atoms with Crippen molar-refractivity contribution in [2.24, 2.45) is 0 Å². The minimum atomic E-state index is -0.0588. The second-order valence-electron chi connectivity index (χ2n) is 7.73. The smallest absolute Gasteiger partial charge is 0.230 e. The van der Waals surface area contributed by atoms with Gasteiger partial charge in [0.05, 0.1) is 11.4 Å². The fourth-order valence-corrected chi connectivity index (χ4v) is 5.21. The monoisotopic (exact) mass is 463 g/mol. The second-order valence-corrected chi connectivity index (χ2v) is 9.51. The first-order valence-electron chi connectivity index (χ1n) is 10.3. The molecule has 1 amide bonds. The normalized spacial score (nSPS) is 11.0. The van der Waals surface area contributed by atoms with Gasteiger partial charge in [-0.3, -0.25) is 14.3 Å². The molecule has 6 nitrogen and oxygen atoms in total. The van der Waals surface area contributed by atoms with Crippen LogP contribution in [0.5, 0.6) is 0 Å². The van der Waals surface area contributed by atoms with Crippen molar-refractivity contribution in [3.8, 4) is 5.69 Å². The average molecular weight is 464 g/mol. The van der Waals surface area contributed by atoms with Crippen LogP contribution in [-0.2, 0) is 10.5 Å². The first-order chi connectivity index (χ1) is 15.3. The Bertz CT molecular complexity index is 1260. The molecule has 4 rings (SSSR count). The molecule has 0 aliphatic heterocycles. The van der Waals surface area contributed by atoms with E-state index in [1.165, 1.54) is 22.5 Å². The quantitative estimate of drug-likeness (QED) is 0.331. The summed E-state index contributed by atoms with van der Waals surface area (Å²) in [7, 11) is 0. The summed E-state index contributed by atoms with van der Waals surface area (Å²) in [6, 6.07) is 14.3. The maximum Gasteiger partial charge on any atom is 0.230 e. The summed E-state index contributed by atoms with van der Waals surface area (Å²) < 4.78 is 2.05. The summed E-state index contributed by atoms with van der Waals surface area (Å²) in [5, 5.41) is 12.1. The summed E-state index contributed by atoms with van der Waals surface area (Å²) in [6.07, 6.45) is 0. The van der Waals surface area contributed by atoms with Crippen LogP contribution in [0.25, 0.3) is 5.69 Å². The number of carbonyl (C=O) groups excluding carboxylic acids is 1. The van der Waals surface area contributed by atoms with Crippen LogP contribution in [0.1, 0.15) is 35.1 Å². The van der Waals surface area contributed by atoms with Crippen molar-refractivity contribution >= 4 is 39.8 Å². The molecule has 0 aliphatic rings. The van der Waals surface area contributed by atoms with Gasteiger partial charge in [-0.2, -0.15) is 0 Å². The van der Waals surface area contributed by atoms with Crippen molar-refractivity contribution in [3.05, 3.63) is 76.1 Å². The molecule has 0 aliphatic carbocycles. The van der Waals surface area contributed by atoms with E-state index >= 15 is 0 Å². The van der Waals surface area contributed by atoms with Crippen LogP contribution in [0, 0.1) is 27.7 Å². The number of nitrogens with zero attached hydrogens (tertiary/aromatic N) is 5. The number of aromatic nitrogens is 4. The van der Waals surface area contributed by atoms with Crippen molar-refractivity contribution in [1.29, 1.82) is 0 Å². The van der Waals surface area contributed by atoms with E-state index < -0.39 is 0 Å². The topological polar surface area (TPSA) is 63.9 Å². The summed E-state index contributed by atoms with van der Waals surface area (Å²) in [5.74, 6) is 1.42. The van der Waals surface area contributed by atoms with Gasteiger partial charge in [-0.1, -0.05) is 35.5 Å². The lowest BCUT2D eigenvalue weighted by Gasteiger charge is -2.19. The van der Waals surface area contributed by atoms with Crippen LogP contribution >= 0.6 is 23.1 Å². The SMILES string of the molecule is CC(=O)N(c1ccc(C)c(C)c1)c1nc(CSc2nnc(C)n2-c2ccc(C)cc2)cs1. The number of anilines is 2. The van der Waals surface area contributed by atoms with Gasteiger partial charge in [-0.15, -0.1) is 21.5 Å². The van der Waals surface area contributed by atoms with Gasteiger partial charge in [0.2, 0.25) is 5.91 Å². The van der Waals surface area contributed by atoms with Crippen LogP contribution in [0.15, 0.2) is 53.0 Å². The van der Waals surface area contributed by atoms with Gasteiger partial charge in [0.25, 0.3) is 0 Å². The van der Waals surface area contributed by atoms with Crippen molar-refractivity contribution in [2.45, 2.75) is 45.5 Å². The fourth-order valence-electron chi connectivity index (χ4n) is 3.32. The third-order valence-corrected chi connectivity index (χ3v) is 7.07. The molecule has 4 aromatic rings. The maximum atomic E-state index is 12.4. The molecule has 2 heterocycles. The van der Waals surface area contributed by atoms with Crippen LogP contribution < -0.4 is 4.90 Å². The first-order valence-corrected chi connectivity index (χ1v) is 12.1. The Morgan fingerprint density at radius 2 is 1.78 bits per heavy atom. The van der Waals surface area contributed by atoms with Crippen molar-refractivity contribution in [2.75, 3.05) is 4.90 Å². The van der Waals surface area contributed by atoms with Gasteiger partial charge >= 0.3 is 0 Å². The third kappa shape index (κ3) is 4.61. The van der Waals surface area contributed by atoms with E-state index in [9.17, 15) is 4.79 Å². The van der Waals surface area contributed by atoms with E-state index in [1.807, 2.05) is 42.0 Å². The van der Waals surface area contributed by atoms with Crippen LogP contribution in [0.4, 0.5) is 10.8 Å². The molecule has 0 bridgehead atoms. The number of thioether (sulfide) groups is 1. The van der Waals surface area contributed by atoms with Crippen LogP contribution in [0.2, 0.25) is 0 Å². The van der Waals surface area contributed by atoms with Crippen molar-refractivity contribution in [3.63, 3.8) is 0 Å². The highest BCUT2D eigenvalue weighted by molar-refractivity contribution is 7.98. The summed E-state index contributed by atoms with van der Waals surface area (Å²) in [4.78, 5) is 18.8. The Kier molecular flexibility index (Phi) is 6.43. The molecule has 0 atom stereocenters. The van der Waals surface area contributed by atoms with E-state index in [4.69, 9.17) is 4.98 Å². The van der Waals surface area contributed by atoms with E-state index in [0.29, 0.717) is 10.9 Å². The average Bonchev–Trinajstić information content (AvgIpc) is 3.36. The van der Waals surface area contributed by atoms with Crippen molar-refractivity contribution in [1.82, 2.24) is 19.7 Å². The largest absolute Gasteiger partial charge is 0.274 e. The number of amides is 1. The molecular formula is C24H25N5OS2. The molecule has 0 unspecified atom stereocenters.